The summed E-state index contributed by atoms with van der Waals surface area (Å²) >= 11 is 6.50. The summed E-state index contributed by atoms with van der Waals surface area (Å²) in [6.45, 7) is 4.65. The highest BCUT2D eigenvalue weighted by atomic mass is 35.5. The van der Waals surface area contributed by atoms with Gasteiger partial charge in [-0.1, -0.05) is 61.3 Å². The first kappa shape index (κ1) is 20.0. The average molecular weight is 397 g/mol. The number of para-hydroxylation sites is 1. The third-order valence-electron chi connectivity index (χ3n) is 5.03. The molecular weight excluding hydrogens is 372 g/mol. The molecule has 0 saturated heterocycles. The fraction of sp³-hybridized carbons (Fsp3) is 0.261. The summed E-state index contributed by atoms with van der Waals surface area (Å²) in [4.78, 5) is 12.4. The van der Waals surface area contributed by atoms with Crippen LogP contribution in [-0.4, -0.2) is 17.6 Å². The number of halogens is 1. The van der Waals surface area contributed by atoms with Gasteiger partial charge in [-0.15, -0.1) is 0 Å². The van der Waals surface area contributed by atoms with Gasteiger partial charge in [0.15, 0.2) is 0 Å². The predicted molar refractivity (Wildman–Crippen MR) is 114 cm³/mol. The Morgan fingerprint density at radius 3 is 2.46 bits per heavy atom. The molecule has 0 unspecified atom stereocenters. The number of benzene rings is 2. The second kappa shape index (κ2) is 8.53. The van der Waals surface area contributed by atoms with Gasteiger partial charge in [0.25, 0.3) is 5.91 Å². The fourth-order valence-electron chi connectivity index (χ4n) is 3.77. The smallest absolute Gasteiger partial charge is 0.251 e. The molecule has 2 N–H and O–H groups in total. The summed E-state index contributed by atoms with van der Waals surface area (Å²) in [5, 5.41) is 0.608. The van der Waals surface area contributed by atoms with Crippen LogP contribution in [0.15, 0.2) is 48.5 Å². The van der Waals surface area contributed by atoms with Crippen molar-refractivity contribution in [2.45, 2.75) is 33.2 Å². The van der Waals surface area contributed by atoms with E-state index in [0.29, 0.717) is 17.1 Å². The Bertz CT molecular complexity index is 1010. The SMILES string of the molecule is CCCc1c(-c2ccccc2Cl)c(C(N)=O)c(C)n1Cc1ccccc1OC. The Balaban J connectivity index is 2.27. The first-order chi connectivity index (χ1) is 13.5. The fourth-order valence-corrected chi connectivity index (χ4v) is 4.00. The molecule has 0 aliphatic heterocycles. The number of primary amides is 1. The Kier molecular flexibility index (Phi) is 6.10. The van der Waals surface area contributed by atoms with Gasteiger partial charge in [-0.05, 0) is 25.5 Å². The highest BCUT2D eigenvalue weighted by Crippen LogP contribution is 2.38. The molecule has 28 heavy (non-hydrogen) atoms. The van der Waals surface area contributed by atoms with Crippen LogP contribution < -0.4 is 10.5 Å². The van der Waals surface area contributed by atoms with Crippen molar-refractivity contribution in [2.24, 2.45) is 5.73 Å². The summed E-state index contributed by atoms with van der Waals surface area (Å²) in [6, 6.07) is 15.5. The van der Waals surface area contributed by atoms with Crippen LogP contribution in [0.2, 0.25) is 5.02 Å². The average Bonchev–Trinajstić information content (AvgIpc) is 2.95. The minimum atomic E-state index is -0.441. The highest BCUT2D eigenvalue weighted by Gasteiger charge is 2.26. The van der Waals surface area contributed by atoms with Crippen molar-refractivity contribution in [1.82, 2.24) is 4.57 Å². The number of methoxy groups -OCH3 is 1. The molecule has 3 aromatic rings. The molecule has 2 aromatic carbocycles. The molecule has 146 valence electrons. The molecule has 0 bridgehead atoms. The number of nitrogens with zero attached hydrogens (tertiary/aromatic N) is 1. The van der Waals surface area contributed by atoms with Gasteiger partial charge in [-0.2, -0.15) is 0 Å². The molecule has 5 heteroatoms. The molecule has 0 aliphatic carbocycles. The Hall–Kier alpha value is -2.72. The third-order valence-corrected chi connectivity index (χ3v) is 5.36. The number of aromatic nitrogens is 1. The van der Waals surface area contributed by atoms with Crippen LogP contribution in [-0.2, 0) is 13.0 Å². The third kappa shape index (κ3) is 3.65. The van der Waals surface area contributed by atoms with E-state index in [1.54, 1.807) is 7.11 Å². The summed E-state index contributed by atoms with van der Waals surface area (Å²) in [5.41, 5.74) is 11.0. The molecule has 1 amide bonds. The van der Waals surface area contributed by atoms with E-state index in [1.807, 2.05) is 55.5 Å². The van der Waals surface area contributed by atoms with Gasteiger partial charge < -0.3 is 15.0 Å². The van der Waals surface area contributed by atoms with E-state index in [0.717, 1.165) is 46.7 Å². The van der Waals surface area contributed by atoms with Gasteiger partial charge >= 0.3 is 0 Å². The maximum Gasteiger partial charge on any atom is 0.251 e. The van der Waals surface area contributed by atoms with Crippen LogP contribution in [0.1, 0.15) is 40.7 Å². The van der Waals surface area contributed by atoms with Crippen LogP contribution >= 0.6 is 11.6 Å². The molecule has 0 saturated carbocycles. The number of hydrogen-bond donors (Lipinski definition) is 1. The molecule has 4 nitrogen and oxygen atoms in total. The number of carbonyl (C=O) groups is 1. The van der Waals surface area contributed by atoms with Crippen molar-refractivity contribution >= 4 is 17.5 Å². The number of hydrogen-bond acceptors (Lipinski definition) is 2. The van der Waals surface area contributed by atoms with Crippen molar-refractivity contribution in [3.8, 4) is 16.9 Å². The first-order valence-corrected chi connectivity index (χ1v) is 9.75. The molecule has 1 aromatic heterocycles. The van der Waals surface area contributed by atoms with E-state index < -0.39 is 5.91 Å². The zero-order valence-electron chi connectivity index (χ0n) is 16.5. The van der Waals surface area contributed by atoms with E-state index in [-0.39, 0.29) is 0 Å². The molecule has 0 spiro atoms. The number of amides is 1. The van der Waals surface area contributed by atoms with E-state index in [2.05, 4.69) is 11.5 Å². The lowest BCUT2D eigenvalue weighted by atomic mass is 9.98. The molecule has 0 radical (unpaired) electrons. The minimum absolute atomic E-state index is 0.441. The van der Waals surface area contributed by atoms with E-state index >= 15 is 0 Å². The van der Waals surface area contributed by atoms with Gasteiger partial charge in [0.2, 0.25) is 0 Å². The molecule has 0 fully saturated rings. The Morgan fingerprint density at radius 2 is 1.82 bits per heavy atom. The van der Waals surface area contributed by atoms with E-state index in [9.17, 15) is 4.79 Å². The van der Waals surface area contributed by atoms with Gasteiger partial charge in [-0.3, -0.25) is 4.79 Å². The largest absolute Gasteiger partial charge is 0.496 e. The van der Waals surface area contributed by atoms with Crippen LogP contribution in [0, 0.1) is 6.92 Å². The maximum atomic E-state index is 12.4. The van der Waals surface area contributed by atoms with Crippen LogP contribution in [0.4, 0.5) is 0 Å². The number of carbonyl (C=O) groups excluding carboxylic acids is 1. The van der Waals surface area contributed by atoms with Crippen molar-refractivity contribution in [3.63, 3.8) is 0 Å². The molecule has 0 aliphatic rings. The van der Waals surface area contributed by atoms with Crippen molar-refractivity contribution in [1.29, 1.82) is 0 Å². The first-order valence-electron chi connectivity index (χ1n) is 9.38. The van der Waals surface area contributed by atoms with Crippen molar-refractivity contribution in [3.05, 3.63) is 76.1 Å². The summed E-state index contributed by atoms with van der Waals surface area (Å²) in [5.74, 6) is 0.376. The molecular formula is C23H25ClN2O2. The van der Waals surface area contributed by atoms with Crippen LogP contribution in [0.25, 0.3) is 11.1 Å². The van der Waals surface area contributed by atoms with Crippen molar-refractivity contribution in [2.75, 3.05) is 7.11 Å². The lowest BCUT2D eigenvalue weighted by molar-refractivity contribution is 0.1000. The lowest BCUT2D eigenvalue weighted by Gasteiger charge is -2.15. The Labute approximate surface area is 170 Å². The number of nitrogens with two attached hydrogens (primary N) is 1. The van der Waals surface area contributed by atoms with Crippen LogP contribution in [0.3, 0.4) is 0 Å². The van der Waals surface area contributed by atoms with Gasteiger partial charge in [-0.25, -0.2) is 0 Å². The standard InChI is InChI=1S/C23H25ClN2O2/c1-4-9-19-22(17-11-6-7-12-18(17)24)21(23(25)27)15(2)26(19)14-16-10-5-8-13-20(16)28-3/h5-8,10-13H,4,9,14H2,1-3H3,(H2,25,27). The van der Waals surface area contributed by atoms with Crippen molar-refractivity contribution < 1.29 is 9.53 Å². The zero-order valence-corrected chi connectivity index (χ0v) is 17.2. The lowest BCUT2D eigenvalue weighted by Crippen LogP contribution is -2.14. The molecule has 1 heterocycles. The molecule has 3 rings (SSSR count). The molecule has 0 atom stereocenters. The second-order valence-electron chi connectivity index (χ2n) is 6.77. The number of ether oxygens (including phenoxy) is 1. The van der Waals surface area contributed by atoms with E-state index in [4.69, 9.17) is 22.1 Å². The van der Waals surface area contributed by atoms with Gasteiger partial charge in [0.1, 0.15) is 5.75 Å². The topological polar surface area (TPSA) is 57.2 Å². The maximum absolute atomic E-state index is 12.4. The number of rotatable bonds is 7. The van der Waals surface area contributed by atoms with Crippen LogP contribution in [0.5, 0.6) is 5.75 Å². The summed E-state index contributed by atoms with van der Waals surface area (Å²) in [6.07, 6.45) is 1.74. The van der Waals surface area contributed by atoms with E-state index in [1.165, 1.54) is 0 Å². The predicted octanol–water partition coefficient (Wildman–Crippen LogP) is 5.23. The second-order valence-corrected chi connectivity index (χ2v) is 7.18. The van der Waals surface area contributed by atoms with Gasteiger partial charge in [0.05, 0.1) is 19.2 Å². The summed E-state index contributed by atoms with van der Waals surface area (Å²) in [7, 11) is 1.66. The van der Waals surface area contributed by atoms with Gasteiger partial charge in [0, 0.05) is 33.1 Å². The zero-order chi connectivity index (χ0) is 20.3. The Morgan fingerprint density at radius 1 is 1.14 bits per heavy atom. The summed E-state index contributed by atoms with van der Waals surface area (Å²) < 4.78 is 7.69. The monoisotopic (exact) mass is 396 g/mol. The highest BCUT2D eigenvalue weighted by molar-refractivity contribution is 6.33. The quantitative estimate of drug-likeness (QED) is 0.594. The normalized spacial score (nSPS) is 10.9. The minimum Gasteiger partial charge on any atom is -0.496 e.